The molecular weight excluding hydrogens is 355 g/mol. The number of hydrogen-bond donors (Lipinski definition) is 0. The summed E-state index contributed by atoms with van der Waals surface area (Å²) in [5, 5.41) is 5.27. The fourth-order valence-electron chi connectivity index (χ4n) is 3.62. The van der Waals surface area contributed by atoms with E-state index in [1.54, 1.807) is 27.4 Å². The van der Waals surface area contributed by atoms with Crippen LogP contribution >= 0.6 is 0 Å². The van der Waals surface area contributed by atoms with Crippen molar-refractivity contribution in [1.29, 1.82) is 0 Å². The third-order valence-electron chi connectivity index (χ3n) is 5.13. The highest BCUT2D eigenvalue weighted by atomic mass is 19.1. The van der Waals surface area contributed by atoms with Gasteiger partial charge in [0.25, 0.3) is 5.56 Å². The molecule has 1 aromatic carbocycles. The molecule has 144 valence electrons. The number of pyridine rings is 1. The number of benzene rings is 1. The molecule has 0 radical (unpaired) electrons. The normalized spacial score (nSPS) is 11.5. The Morgan fingerprint density at radius 2 is 1.86 bits per heavy atom. The molecule has 0 N–H and O–H groups in total. The number of aryl methyl sites for hydroxylation is 2. The molecule has 3 heterocycles. The van der Waals surface area contributed by atoms with E-state index in [4.69, 9.17) is 5.10 Å². The van der Waals surface area contributed by atoms with Crippen LogP contribution in [0.1, 0.15) is 38.8 Å². The third-order valence-corrected chi connectivity index (χ3v) is 5.13. The zero-order valence-corrected chi connectivity index (χ0v) is 16.2. The molecule has 0 aliphatic carbocycles. The largest absolute Gasteiger partial charge is 0.315 e. The Morgan fingerprint density at radius 1 is 1.07 bits per heavy atom. The van der Waals surface area contributed by atoms with Gasteiger partial charge in [-0.3, -0.25) is 4.79 Å². The first-order valence-electron chi connectivity index (χ1n) is 9.79. The van der Waals surface area contributed by atoms with E-state index < -0.39 is 0 Å². The first kappa shape index (κ1) is 18.3. The summed E-state index contributed by atoms with van der Waals surface area (Å²) in [5.74, 6) is -0.277. The lowest BCUT2D eigenvalue weighted by atomic mass is 10.0. The fourth-order valence-corrected chi connectivity index (χ4v) is 3.62. The number of hydrogen-bond acceptors (Lipinski definition) is 3. The molecule has 0 fully saturated rings. The van der Waals surface area contributed by atoms with Crippen molar-refractivity contribution < 1.29 is 4.39 Å². The molecule has 0 atom stereocenters. The van der Waals surface area contributed by atoms with Crippen LogP contribution in [0.25, 0.3) is 27.7 Å². The van der Waals surface area contributed by atoms with Gasteiger partial charge in [0.2, 0.25) is 0 Å². The van der Waals surface area contributed by atoms with Gasteiger partial charge < -0.3 is 4.57 Å². The molecule has 0 amide bonds. The smallest absolute Gasteiger partial charge is 0.261 e. The van der Waals surface area contributed by atoms with Crippen molar-refractivity contribution in [3.05, 3.63) is 64.6 Å². The molecule has 3 aromatic heterocycles. The van der Waals surface area contributed by atoms with Crippen LogP contribution in [0.5, 0.6) is 0 Å². The zero-order valence-electron chi connectivity index (χ0n) is 16.2. The van der Waals surface area contributed by atoms with Crippen LogP contribution in [0.3, 0.4) is 0 Å². The molecule has 0 bridgehead atoms. The summed E-state index contributed by atoms with van der Waals surface area (Å²) in [6, 6.07) is 8.28. The second-order valence-electron chi connectivity index (χ2n) is 7.00. The summed E-state index contributed by atoms with van der Waals surface area (Å²) in [4.78, 5) is 17.4. The monoisotopic (exact) mass is 378 g/mol. The van der Waals surface area contributed by atoms with Gasteiger partial charge >= 0.3 is 0 Å². The van der Waals surface area contributed by atoms with Crippen molar-refractivity contribution in [3.8, 4) is 11.1 Å². The second kappa shape index (κ2) is 7.54. The Morgan fingerprint density at radius 3 is 2.57 bits per heavy atom. The minimum absolute atomic E-state index is 0.0418. The van der Waals surface area contributed by atoms with Crippen molar-refractivity contribution in [3.63, 3.8) is 0 Å². The average Bonchev–Trinajstić information content (AvgIpc) is 3.09. The van der Waals surface area contributed by atoms with Gasteiger partial charge in [0.15, 0.2) is 5.65 Å². The average molecular weight is 378 g/mol. The molecule has 4 rings (SSSR count). The molecule has 0 aliphatic rings. The second-order valence-corrected chi connectivity index (χ2v) is 7.00. The van der Waals surface area contributed by atoms with Crippen LogP contribution in [-0.4, -0.2) is 19.2 Å². The fraction of sp³-hybridized carbons (Fsp3) is 0.318. The first-order chi connectivity index (χ1) is 13.6. The Kier molecular flexibility index (Phi) is 4.94. The highest BCUT2D eigenvalue weighted by molar-refractivity contribution is 5.86. The van der Waals surface area contributed by atoms with Gasteiger partial charge in [-0.15, -0.1) is 0 Å². The topological polar surface area (TPSA) is 52.2 Å². The molecule has 0 aliphatic heterocycles. The highest BCUT2D eigenvalue weighted by Crippen LogP contribution is 2.29. The van der Waals surface area contributed by atoms with Gasteiger partial charge in [-0.1, -0.05) is 38.8 Å². The summed E-state index contributed by atoms with van der Waals surface area (Å²) in [5.41, 5.74) is 4.01. The molecule has 4 aromatic rings. The van der Waals surface area contributed by atoms with Gasteiger partial charge in [0.1, 0.15) is 5.82 Å². The lowest BCUT2D eigenvalue weighted by Gasteiger charge is -2.08. The van der Waals surface area contributed by atoms with E-state index in [0.29, 0.717) is 24.0 Å². The van der Waals surface area contributed by atoms with Gasteiger partial charge in [0.05, 0.1) is 16.6 Å². The van der Waals surface area contributed by atoms with Gasteiger partial charge in [0, 0.05) is 24.5 Å². The lowest BCUT2D eigenvalue weighted by molar-refractivity contribution is 0.590. The maximum Gasteiger partial charge on any atom is 0.261 e. The third kappa shape index (κ3) is 3.09. The number of unbranched alkanes of at least 4 members (excludes halogenated alkanes) is 2. The van der Waals surface area contributed by atoms with Crippen LogP contribution in [0.2, 0.25) is 0 Å². The number of rotatable bonds is 6. The summed E-state index contributed by atoms with van der Waals surface area (Å²) < 4.78 is 16.8. The molecule has 5 nitrogen and oxygen atoms in total. The molecule has 6 heteroatoms. The van der Waals surface area contributed by atoms with Crippen molar-refractivity contribution in [2.75, 3.05) is 0 Å². The van der Waals surface area contributed by atoms with Crippen molar-refractivity contribution >= 4 is 16.6 Å². The molecule has 0 spiro atoms. The van der Waals surface area contributed by atoms with Crippen LogP contribution in [-0.2, 0) is 13.0 Å². The van der Waals surface area contributed by atoms with E-state index in [1.807, 2.05) is 19.2 Å². The Bertz CT molecular complexity index is 1190. The van der Waals surface area contributed by atoms with E-state index >= 15 is 0 Å². The van der Waals surface area contributed by atoms with Gasteiger partial charge in [-0.2, -0.15) is 5.10 Å². The Hall–Kier alpha value is -3.02. The Balaban J connectivity index is 1.90. The standard InChI is InChI=1S/C22H23FN4O/c1-3-5-6-12-26-13-11-19-17(22(26)28)14-24-21-20(18(4-2)25-27(19)21)15-7-9-16(23)10-8-15/h7-11,13-14H,3-6,12H2,1-2H3. The van der Waals surface area contributed by atoms with Crippen molar-refractivity contribution in [2.24, 2.45) is 0 Å². The number of nitrogens with zero attached hydrogens (tertiary/aromatic N) is 4. The molecule has 28 heavy (non-hydrogen) atoms. The van der Waals surface area contributed by atoms with Crippen LogP contribution in [0.4, 0.5) is 4.39 Å². The molecular formula is C22H23FN4O. The maximum atomic E-state index is 13.4. The lowest BCUT2D eigenvalue weighted by Crippen LogP contribution is -2.20. The maximum absolute atomic E-state index is 13.4. The zero-order chi connectivity index (χ0) is 19.7. The van der Waals surface area contributed by atoms with Crippen molar-refractivity contribution in [1.82, 2.24) is 19.2 Å². The Labute approximate surface area is 162 Å². The number of halogens is 1. The molecule has 0 saturated heterocycles. The summed E-state index contributed by atoms with van der Waals surface area (Å²) in [7, 11) is 0. The van der Waals surface area contributed by atoms with Crippen molar-refractivity contribution in [2.45, 2.75) is 46.1 Å². The van der Waals surface area contributed by atoms with E-state index in [9.17, 15) is 9.18 Å². The number of fused-ring (bicyclic) bond motifs is 3. The van der Waals surface area contributed by atoms with E-state index in [-0.39, 0.29) is 11.4 Å². The van der Waals surface area contributed by atoms with E-state index in [1.165, 1.54) is 12.1 Å². The van der Waals surface area contributed by atoms with Crippen LogP contribution in [0, 0.1) is 5.82 Å². The minimum Gasteiger partial charge on any atom is -0.315 e. The van der Waals surface area contributed by atoms with Gasteiger partial charge in [-0.25, -0.2) is 13.9 Å². The minimum atomic E-state index is -0.277. The quantitative estimate of drug-likeness (QED) is 0.461. The molecule has 0 saturated carbocycles. The van der Waals surface area contributed by atoms with E-state index in [2.05, 4.69) is 11.9 Å². The van der Waals surface area contributed by atoms with Gasteiger partial charge in [-0.05, 0) is 36.6 Å². The SMILES string of the molecule is CCCCCn1ccc2c(cnc3c(-c4ccc(F)cc4)c(CC)nn32)c1=O. The predicted molar refractivity (Wildman–Crippen MR) is 109 cm³/mol. The predicted octanol–water partition coefficient (Wildman–Crippen LogP) is 4.60. The summed E-state index contributed by atoms with van der Waals surface area (Å²) >= 11 is 0. The summed E-state index contributed by atoms with van der Waals surface area (Å²) in [6.07, 6.45) is 7.38. The van der Waals surface area contributed by atoms with E-state index in [0.717, 1.165) is 41.6 Å². The first-order valence-corrected chi connectivity index (χ1v) is 9.79. The van der Waals surface area contributed by atoms with Crippen LogP contribution < -0.4 is 5.56 Å². The molecule has 0 unspecified atom stereocenters. The summed E-state index contributed by atoms with van der Waals surface area (Å²) in [6.45, 7) is 4.88. The number of aromatic nitrogens is 4. The highest BCUT2D eigenvalue weighted by Gasteiger charge is 2.17. The van der Waals surface area contributed by atoms with Crippen LogP contribution in [0.15, 0.2) is 47.5 Å².